The van der Waals surface area contributed by atoms with Gasteiger partial charge in [-0.25, -0.2) is 0 Å². The number of benzene rings is 2. The molecule has 0 saturated carbocycles. The van der Waals surface area contributed by atoms with Crippen molar-refractivity contribution in [3.05, 3.63) is 70.5 Å². The lowest BCUT2D eigenvalue weighted by Gasteiger charge is -2.08. The Labute approximate surface area is 117 Å². The van der Waals surface area contributed by atoms with Gasteiger partial charge in [0.05, 0.1) is 0 Å². The predicted molar refractivity (Wildman–Crippen MR) is 82.6 cm³/mol. The molecule has 1 heterocycles. The van der Waals surface area contributed by atoms with E-state index in [1.807, 2.05) is 61.5 Å². The fourth-order valence-corrected chi connectivity index (χ4v) is 2.34. The maximum absolute atomic E-state index is 12.2. The van der Waals surface area contributed by atoms with Crippen molar-refractivity contribution in [2.24, 2.45) is 5.73 Å². The normalized spacial score (nSPS) is 12.5. The van der Waals surface area contributed by atoms with Crippen LogP contribution in [0, 0.1) is 0 Å². The van der Waals surface area contributed by atoms with Crippen LogP contribution in [0.2, 0.25) is 0 Å². The Morgan fingerprint density at radius 2 is 1.80 bits per heavy atom. The van der Waals surface area contributed by atoms with Gasteiger partial charge < -0.3 is 10.7 Å². The summed E-state index contributed by atoms with van der Waals surface area (Å²) in [6, 6.07) is 17.5. The fraction of sp³-hybridized carbons (Fsp3) is 0.118. The van der Waals surface area contributed by atoms with E-state index in [2.05, 4.69) is 4.98 Å². The van der Waals surface area contributed by atoms with Gasteiger partial charge in [0.25, 0.3) is 5.56 Å². The molecular weight excluding hydrogens is 248 g/mol. The summed E-state index contributed by atoms with van der Waals surface area (Å²) in [6.45, 7) is 1.95. The van der Waals surface area contributed by atoms with Crippen molar-refractivity contribution in [3.63, 3.8) is 0 Å². The van der Waals surface area contributed by atoms with Gasteiger partial charge in [-0.05, 0) is 41.6 Å². The number of fused-ring (bicyclic) bond motifs is 1. The lowest BCUT2D eigenvalue weighted by atomic mass is 10.0. The van der Waals surface area contributed by atoms with Gasteiger partial charge in [0.1, 0.15) is 0 Å². The third-order valence-corrected chi connectivity index (χ3v) is 3.48. The molecule has 1 atom stereocenters. The van der Waals surface area contributed by atoms with Crippen molar-refractivity contribution in [1.82, 2.24) is 4.98 Å². The lowest BCUT2D eigenvalue weighted by Crippen LogP contribution is -2.09. The zero-order valence-corrected chi connectivity index (χ0v) is 11.3. The summed E-state index contributed by atoms with van der Waals surface area (Å²) in [7, 11) is 0. The van der Waals surface area contributed by atoms with Gasteiger partial charge >= 0.3 is 0 Å². The number of aromatic amines is 1. The lowest BCUT2D eigenvalue weighted by molar-refractivity contribution is 0.820. The van der Waals surface area contributed by atoms with Crippen LogP contribution in [-0.2, 0) is 0 Å². The van der Waals surface area contributed by atoms with Crippen LogP contribution < -0.4 is 11.3 Å². The van der Waals surface area contributed by atoms with Crippen molar-refractivity contribution in [1.29, 1.82) is 0 Å². The average molecular weight is 264 g/mol. The van der Waals surface area contributed by atoms with Crippen LogP contribution >= 0.6 is 0 Å². The summed E-state index contributed by atoms with van der Waals surface area (Å²) in [5.41, 5.74) is 9.33. The highest BCUT2D eigenvalue weighted by atomic mass is 16.1. The summed E-state index contributed by atoms with van der Waals surface area (Å²) in [6.07, 6.45) is 0. The number of nitrogens with two attached hydrogens (primary N) is 1. The number of hydrogen-bond acceptors (Lipinski definition) is 2. The van der Waals surface area contributed by atoms with Crippen LogP contribution in [0.1, 0.15) is 18.5 Å². The Morgan fingerprint density at radius 3 is 2.50 bits per heavy atom. The van der Waals surface area contributed by atoms with Gasteiger partial charge in [-0.2, -0.15) is 0 Å². The Hall–Kier alpha value is -2.39. The zero-order valence-electron chi connectivity index (χ0n) is 11.3. The fourth-order valence-electron chi connectivity index (χ4n) is 2.34. The molecular formula is C17H16N2O. The van der Waals surface area contributed by atoms with Crippen molar-refractivity contribution in [2.75, 3.05) is 0 Å². The molecule has 0 amide bonds. The van der Waals surface area contributed by atoms with Crippen molar-refractivity contribution >= 4 is 10.9 Å². The van der Waals surface area contributed by atoms with E-state index in [0.717, 1.165) is 22.0 Å². The SMILES string of the molecule is CC(N)c1ccc2[nH]c(=O)c(-c3ccccc3)cc2c1. The standard InChI is InChI=1S/C17H16N2O/c1-11(18)13-7-8-16-14(9-13)10-15(17(20)19-16)12-5-3-2-4-6-12/h2-11H,18H2,1H3,(H,19,20). The largest absolute Gasteiger partial charge is 0.324 e. The minimum atomic E-state index is -0.0720. The first-order valence-corrected chi connectivity index (χ1v) is 6.63. The second-order valence-electron chi connectivity index (χ2n) is 5.01. The molecule has 0 saturated heterocycles. The minimum absolute atomic E-state index is 0.0218. The Morgan fingerprint density at radius 1 is 1.05 bits per heavy atom. The molecule has 0 aliphatic rings. The topological polar surface area (TPSA) is 58.9 Å². The first-order valence-electron chi connectivity index (χ1n) is 6.63. The maximum Gasteiger partial charge on any atom is 0.256 e. The highest BCUT2D eigenvalue weighted by Crippen LogP contribution is 2.21. The molecule has 2 aromatic carbocycles. The number of pyridine rings is 1. The second kappa shape index (κ2) is 4.94. The van der Waals surface area contributed by atoms with Gasteiger partial charge in [-0.15, -0.1) is 0 Å². The number of hydrogen-bond donors (Lipinski definition) is 2. The van der Waals surface area contributed by atoms with Crippen molar-refractivity contribution in [3.8, 4) is 11.1 Å². The number of nitrogens with one attached hydrogen (secondary N) is 1. The predicted octanol–water partition coefficient (Wildman–Crippen LogP) is 3.21. The molecule has 1 aromatic heterocycles. The molecule has 0 aliphatic heterocycles. The summed E-state index contributed by atoms with van der Waals surface area (Å²) < 4.78 is 0. The Balaban J connectivity index is 2.24. The van der Waals surface area contributed by atoms with Crippen LogP contribution in [-0.4, -0.2) is 4.98 Å². The molecule has 20 heavy (non-hydrogen) atoms. The quantitative estimate of drug-likeness (QED) is 0.746. The van der Waals surface area contributed by atoms with E-state index in [-0.39, 0.29) is 11.6 Å². The minimum Gasteiger partial charge on any atom is -0.324 e. The Kier molecular flexibility index (Phi) is 3.12. The monoisotopic (exact) mass is 264 g/mol. The highest BCUT2D eigenvalue weighted by Gasteiger charge is 2.07. The maximum atomic E-state index is 12.2. The van der Waals surface area contributed by atoms with E-state index in [9.17, 15) is 4.79 Å². The average Bonchev–Trinajstić information content (AvgIpc) is 2.47. The van der Waals surface area contributed by atoms with E-state index in [0.29, 0.717) is 5.56 Å². The molecule has 0 radical (unpaired) electrons. The molecule has 0 spiro atoms. The van der Waals surface area contributed by atoms with Gasteiger partial charge in [-0.3, -0.25) is 4.79 Å². The van der Waals surface area contributed by atoms with Crippen LogP contribution in [0.25, 0.3) is 22.0 Å². The van der Waals surface area contributed by atoms with Crippen molar-refractivity contribution < 1.29 is 0 Å². The molecule has 3 aromatic rings. The van der Waals surface area contributed by atoms with E-state index < -0.39 is 0 Å². The summed E-state index contributed by atoms with van der Waals surface area (Å²) in [5, 5.41) is 0.998. The summed E-state index contributed by atoms with van der Waals surface area (Å²) in [5.74, 6) is 0. The van der Waals surface area contributed by atoms with E-state index in [1.165, 1.54) is 0 Å². The molecule has 3 rings (SSSR count). The van der Waals surface area contributed by atoms with Gasteiger partial charge in [-0.1, -0.05) is 36.4 Å². The summed E-state index contributed by atoms with van der Waals surface area (Å²) >= 11 is 0. The number of aromatic nitrogens is 1. The zero-order chi connectivity index (χ0) is 14.1. The van der Waals surface area contributed by atoms with Crippen LogP contribution in [0.15, 0.2) is 59.4 Å². The smallest absolute Gasteiger partial charge is 0.256 e. The molecule has 0 bridgehead atoms. The second-order valence-corrected chi connectivity index (χ2v) is 5.01. The van der Waals surface area contributed by atoms with Gasteiger partial charge in [0, 0.05) is 17.1 Å². The number of rotatable bonds is 2. The van der Waals surface area contributed by atoms with E-state index in [1.54, 1.807) is 0 Å². The van der Waals surface area contributed by atoms with Crippen LogP contribution in [0.5, 0.6) is 0 Å². The van der Waals surface area contributed by atoms with Gasteiger partial charge in [0.15, 0.2) is 0 Å². The van der Waals surface area contributed by atoms with E-state index in [4.69, 9.17) is 5.73 Å². The molecule has 100 valence electrons. The van der Waals surface area contributed by atoms with Crippen molar-refractivity contribution in [2.45, 2.75) is 13.0 Å². The molecule has 0 aliphatic carbocycles. The van der Waals surface area contributed by atoms with Gasteiger partial charge in [0.2, 0.25) is 0 Å². The third kappa shape index (κ3) is 2.24. The highest BCUT2D eigenvalue weighted by molar-refractivity contribution is 5.84. The van der Waals surface area contributed by atoms with E-state index >= 15 is 0 Å². The first kappa shape index (κ1) is 12.6. The molecule has 3 nitrogen and oxygen atoms in total. The molecule has 3 heteroatoms. The third-order valence-electron chi connectivity index (χ3n) is 3.48. The summed E-state index contributed by atoms with van der Waals surface area (Å²) in [4.78, 5) is 15.1. The molecule has 3 N–H and O–H groups in total. The van der Waals surface area contributed by atoms with Crippen LogP contribution in [0.4, 0.5) is 0 Å². The molecule has 0 fully saturated rings. The number of H-pyrrole nitrogens is 1. The molecule has 1 unspecified atom stereocenters. The van der Waals surface area contributed by atoms with Crippen LogP contribution in [0.3, 0.4) is 0 Å². The first-order chi connectivity index (χ1) is 9.65. The Bertz CT molecular complexity index is 804.